The fraction of sp³-hybridized carbons (Fsp3) is 0.250. The van der Waals surface area contributed by atoms with E-state index in [1.807, 2.05) is 13.0 Å². The summed E-state index contributed by atoms with van der Waals surface area (Å²) in [5.74, 6) is 1.36. The molecule has 0 amide bonds. The van der Waals surface area contributed by atoms with Crippen molar-refractivity contribution in [2.75, 3.05) is 7.11 Å². The largest absolute Gasteiger partial charge is 0.465 e. The molecule has 2 aromatic rings. The average molecular weight is 264 g/mol. The number of esters is 1. The lowest BCUT2D eigenvalue weighted by Crippen LogP contribution is -2.08. The monoisotopic (exact) mass is 264 g/mol. The van der Waals surface area contributed by atoms with E-state index in [1.165, 1.54) is 7.11 Å². The van der Waals surface area contributed by atoms with Crippen LogP contribution in [0, 0.1) is 18.5 Å². The number of furan rings is 1. The number of rotatable bonds is 2. The Morgan fingerprint density at radius 2 is 2.17 bits per heavy atom. The molecule has 2 heterocycles. The van der Waals surface area contributed by atoms with Gasteiger partial charge in [-0.15, -0.1) is 0 Å². The summed E-state index contributed by atoms with van der Waals surface area (Å²) < 4.78 is 10.3. The van der Waals surface area contributed by atoms with E-state index in [9.17, 15) is 4.79 Å². The van der Waals surface area contributed by atoms with E-state index in [1.54, 1.807) is 13.0 Å². The molecule has 5 nitrogen and oxygen atoms in total. The van der Waals surface area contributed by atoms with Gasteiger partial charge in [0.1, 0.15) is 16.0 Å². The van der Waals surface area contributed by atoms with Gasteiger partial charge in [-0.1, -0.05) is 12.2 Å². The Kier molecular flexibility index (Phi) is 3.29. The number of hydrogen-bond acceptors (Lipinski definition) is 5. The highest BCUT2D eigenvalue weighted by molar-refractivity contribution is 7.71. The Labute approximate surface area is 109 Å². The molecule has 6 heteroatoms. The molecule has 94 valence electrons. The zero-order valence-electron chi connectivity index (χ0n) is 10.2. The molecule has 0 aliphatic rings. The van der Waals surface area contributed by atoms with Crippen LogP contribution in [0.15, 0.2) is 16.5 Å². The van der Waals surface area contributed by atoms with Crippen molar-refractivity contribution in [3.63, 3.8) is 0 Å². The Morgan fingerprint density at radius 3 is 2.67 bits per heavy atom. The maximum Gasteiger partial charge on any atom is 0.342 e. The highest BCUT2D eigenvalue weighted by atomic mass is 32.1. The molecule has 0 bridgehead atoms. The van der Waals surface area contributed by atoms with Crippen molar-refractivity contribution in [1.29, 1.82) is 0 Å². The van der Waals surface area contributed by atoms with Crippen LogP contribution in [0.1, 0.15) is 21.8 Å². The molecule has 0 radical (unpaired) electrons. The Hall–Kier alpha value is -1.95. The van der Waals surface area contributed by atoms with Crippen LogP contribution in [-0.4, -0.2) is 23.0 Å². The molecule has 2 rings (SSSR count). The van der Waals surface area contributed by atoms with Crippen LogP contribution in [0.2, 0.25) is 0 Å². The van der Waals surface area contributed by atoms with Crippen LogP contribution < -0.4 is 0 Å². The SMILES string of the molecule is COC(=O)c1c(C)[nH]c(-c2ccc(C)o2)nc1=S. The minimum absolute atomic E-state index is 0.196. The third-order valence-corrected chi connectivity index (χ3v) is 2.77. The average Bonchev–Trinajstić information content (AvgIpc) is 2.74. The second-order valence-electron chi connectivity index (χ2n) is 3.79. The molecule has 0 spiro atoms. The molecular weight excluding hydrogens is 252 g/mol. The molecule has 0 aliphatic carbocycles. The van der Waals surface area contributed by atoms with Gasteiger partial charge in [0.25, 0.3) is 0 Å². The summed E-state index contributed by atoms with van der Waals surface area (Å²) in [5.41, 5.74) is 0.880. The summed E-state index contributed by atoms with van der Waals surface area (Å²) in [7, 11) is 1.31. The highest BCUT2D eigenvalue weighted by Gasteiger charge is 2.15. The fourth-order valence-electron chi connectivity index (χ4n) is 1.61. The zero-order valence-corrected chi connectivity index (χ0v) is 11.1. The number of H-pyrrole nitrogens is 1. The van der Waals surface area contributed by atoms with Crippen molar-refractivity contribution >= 4 is 18.2 Å². The maximum atomic E-state index is 11.5. The molecule has 0 unspecified atom stereocenters. The number of carbonyl (C=O) groups is 1. The number of methoxy groups -OCH3 is 1. The summed E-state index contributed by atoms with van der Waals surface area (Å²) in [6.07, 6.45) is 0. The summed E-state index contributed by atoms with van der Waals surface area (Å²) in [5, 5.41) is 0. The lowest BCUT2D eigenvalue weighted by Gasteiger charge is -2.05. The molecular formula is C12H12N2O3S. The van der Waals surface area contributed by atoms with E-state index in [0.717, 1.165) is 5.76 Å². The summed E-state index contributed by atoms with van der Waals surface area (Å²) in [4.78, 5) is 18.7. The minimum Gasteiger partial charge on any atom is -0.465 e. The first kappa shape index (κ1) is 12.5. The van der Waals surface area contributed by atoms with Gasteiger partial charge in [-0.25, -0.2) is 9.78 Å². The second-order valence-corrected chi connectivity index (χ2v) is 4.18. The van der Waals surface area contributed by atoms with Crippen LogP contribution in [0.3, 0.4) is 0 Å². The topological polar surface area (TPSA) is 68.1 Å². The van der Waals surface area contributed by atoms with Crippen molar-refractivity contribution in [1.82, 2.24) is 9.97 Å². The summed E-state index contributed by atoms with van der Waals surface area (Å²) >= 11 is 5.10. The standard InChI is InChI=1S/C12H12N2O3S/c1-6-4-5-8(17-6)10-13-7(2)9(11(18)14-10)12(15)16-3/h4-5H,1-3H3,(H,13,14,18). The molecule has 2 aromatic heterocycles. The minimum atomic E-state index is -0.497. The Bertz CT molecular complexity index is 658. The van der Waals surface area contributed by atoms with Gasteiger partial charge < -0.3 is 14.1 Å². The van der Waals surface area contributed by atoms with Crippen molar-refractivity contribution < 1.29 is 13.9 Å². The lowest BCUT2D eigenvalue weighted by atomic mass is 10.2. The van der Waals surface area contributed by atoms with Crippen molar-refractivity contribution in [2.24, 2.45) is 0 Å². The fourth-order valence-corrected chi connectivity index (χ4v) is 1.93. The number of aryl methyl sites for hydroxylation is 2. The molecule has 0 aliphatic heterocycles. The molecule has 0 atom stereocenters. The molecule has 18 heavy (non-hydrogen) atoms. The van der Waals surface area contributed by atoms with Crippen molar-refractivity contribution in [2.45, 2.75) is 13.8 Å². The third-order valence-electron chi connectivity index (χ3n) is 2.47. The van der Waals surface area contributed by atoms with Gasteiger partial charge in [0.15, 0.2) is 11.6 Å². The molecule has 0 aromatic carbocycles. The predicted molar refractivity (Wildman–Crippen MR) is 67.9 cm³/mol. The molecule has 0 saturated heterocycles. The number of hydrogen-bond donors (Lipinski definition) is 1. The first-order chi connectivity index (χ1) is 8.52. The zero-order chi connectivity index (χ0) is 13.3. The second kappa shape index (κ2) is 4.73. The van der Waals surface area contributed by atoms with Gasteiger partial charge in [0.05, 0.1) is 7.11 Å². The van der Waals surface area contributed by atoms with Gasteiger partial charge >= 0.3 is 5.97 Å². The third kappa shape index (κ3) is 2.19. The van der Waals surface area contributed by atoms with Crippen LogP contribution in [0.5, 0.6) is 0 Å². The van der Waals surface area contributed by atoms with Crippen LogP contribution >= 0.6 is 12.2 Å². The molecule has 1 N–H and O–H groups in total. The van der Waals surface area contributed by atoms with Gasteiger partial charge in [-0.2, -0.15) is 0 Å². The van der Waals surface area contributed by atoms with Crippen molar-refractivity contribution in [3.8, 4) is 11.6 Å². The number of carbonyl (C=O) groups excluding carboxylic acids is 1. The van der Waals surface area contributed by atoms with Gasteiger partial charge in [-0.3, -0.25) is 0 Å². The quantitative estimate of drug-likeness (QED) is 0.667. The number of aromatic amines is 1. The number of nitrogens with zero attached hydrogens (tertiary/aromatic N) is 1. The number of aromatic nitrogens is 2. The smallest absolute Gasteiger partial charge is 0.342 e. The summed E-state index contributed by atoms with van der Waals surface area (Å²) in [6.45, 7) is 3.58. The van der Waals surface area contributed by atoms with Crippen LogP contribution in [-0.2, 0) is 4.74 Å². The maximum absolute atomic E-state index is 11.5. The van der Waals surface area contributed by atoms with E-state index >= 15 is 0 Å². The van der Waals surface area contributed by atoms with Crippen LogP contribution in [0.25, 0.3) is 11.6 Å². The Balaban J connectivity index is 2.56. The van der Waals surface area contributed by atoms with Gasteiger partial charge in [0, 0.05) is 5.69 Å². The van der Waals surface area contributed by atoms with E-state index in [-0.39, 0.29) is 10.2 Å². The van der Waals surface area contributed by atoms with E-state index in [0.29, 0.717) is 17.3 Å². The van der Waals surface area contributed by atoms with E-state index in [4.69, 9.17) is 16.6 Å². The molecule has 0 fully saturated rings. The first-order valence-electron chi connectivity index (χ1n) is 5.29. The number of nitrogens with one attached hydrogen (secondary N) is 1. The van der Waals surface area contributed by atoms with E-state index < -0.39 is 5.97 Å². The lowest BCUT2D eigenvalue weighted by molar-refractivity contribution is 0.0598. The highest BCUT2D eigenvalue weighted by Crippen LogP contribution is 2.20. The first-order valence-corrected chi connectivity index (χ1v) is 5.70. The predicted octanol–water partition coefficient (Wildman–Crippen LogP) is 2.80. The number of ether oxygens (including phenoxy) is 1. The molecule has 0 saturated carbocycles. The Morgan fingerprint density at radius 1 is 1.44 bits per heavy atom. The van der Waals surface area contributed by atoms with E-state index in [2.05, 4.69) is 14.7 Å². The summed E-state index contributed by atoms with van der Waals surface area (Å²) in [6, 6.07) is 3.62. The van der Waals surface area contributed by atoms with Crippen molar-refractivity contribution in [3.05, 3.63) is 33.8 Å². The van der Waals surface area contributed by atoms with Gasteiger partial charge in [-0.05, 0) is 26.0 Å². The van der Waals surface area contributed by atoms with Crippen LogP contribution in [0.4, 0.5) is 0 Å². The van der Waals surface area contributed by atoms with Gasteiger partial charge in [0.2, 0.25) is 0 Å². The normalized spacial score (nSPS) is 10.4.